The molecule has 4 nitrogen and oxygen atoms in total. The molecule has 0 atom stereocenters. The molecule has 0 saturated heterocycles. The lowest BCUT2D eigenvalue weighted by Gasteiger charge is -2.08. The molecule has 1 N–H and O–H groups in total. The summed E-state index contributed by atoms with van der Waals surface area (Å²) >= 11 is 0. The van der Waals surface area contributed by atoms with Gasteiger partial charge in [-0.1, -0.05) is 17.7 Å². The number of aromatic nitrogens is 1. The Morgan fingerprint density at radius 2 is 1.72 bits per heavy atom. The molecule has 94 valence electrons. The van der Waals surface area contributed by atoms with Gasteiger partial charge in [0.2, 0.25) is 0 Å². The SMILES string of the molecule is Cc1ccc(S(=O)(=O)Nc2ccnc(C)c2)cc1. The third-order valence-corrected chi connectivity index (χ3v) is 3.88. The van der Waals surface area contributed by atoms with Crippen LogP contribution in [0.5, 0.6) is 0 Å². The smallest absolute Gasteiger partial charge is 0.261 e. The topological polar surface area (TPSA) is 59.1 Å². The number of aryl methyl sites for hydroxylation is 2. The standard InChI is InChI=1S/C13H14N2O2S/c1-10-3-5-13(6-4-10)18(16,17)15-12-7-8-14-11(2)9-12/h3-9H,1-2H3,(H,14,15). The largest absolute Gasteiger partial charge is 0.280 e. The summed E-state index contributed by atoms with van der Waals surface area (Å²) in [4.78, 5) is 4.27. The summed E-state index contributed by atoms with van der Waals surface area (Å²) in [6.07, 6.45) is 1.57. The fourth-order valence-electron chi connectivity index (χ4n) is 1.54. The molecule has 0 aliphatic heterocycles. The molecule has 1 aromatic heterocycles. The Labute approximate surface area is 107 Å². The van der Waals surface area contributed by atoms with Crippen molar-refractivity contribution in [3.8, 4) is 0 Å². The molecule has 0 bridgehead atoms. The van der Waals surface area contributed by atoms with Gasteiger partial charge in [0.15, 0.2) is 0 Å². The van der Waals surface area contributed by atoms with E-state index in [0.717, 1.165) is 11.3 Å². The van der Waals surface area contributed by atoms with Crippen molar-refractivity contribution in [1.82, 2.24) is 4.98 Å². The van der Waals surface area contributed by atoms with Crippen molar-refractivity contribution in [2.45, 2.75) is 18.7 Å². The summed E-state index contributed by atoms with van der Waals surface area (Å²) in [6, 6.07) is 10.0. The summed E-state index contributed by atoms with van der Waals surface area (Å²) in [5.74, 6) is 0. The first-order valence-electron chi connectivity index (χ1n) is 5.49. The van der Waals surface area contributed by atoms with Crippen LogP contribution < -0.4 is 4.72 Å². The predicted octanol–water partition coefficient (Wildman–Crippen LogP) is 2.50. The van der Waals surface area contributed by atoms with Crippen LogP contribution in [0.4, 0.5) is 5.69 Å². The second-order valence-corrected chi connectivity index (χ2v) is 5.79. The summed E-state index contributed by atoms with van der Waals surface area (Å²) < 4.78 is 26.7. The fraction of sp³-hybridized carbons (Fsp3) is 0.154. The number of benzene rings is 1. The second-order valence-electron chi connectivity index (χ2n) is 4.10. The van der Waals surface area contributed by atoms with Crippen molar-refractivity contribution in [1.29, 1.82) is 0 Å². The molecular formula is C13H14N2O2S. The molecule has 0 unspecified atom stereocenters. The molecule has 2 rings (SSSR count). The number of pyridine rings is 1. The molecule has 0 aliphatic rings. The minimum absolute atomic E-state index is 0.252. The van der Waals surface area contributed by atoms with Gasteiger partial charge in [0.1, 0.15) is 0 Å². The van der Waals surface area contributed by atoms with E-state index in [0.29, 0.717) is 5.69 Å². The third kappa shape index (κ3) is 2.87. The van der Waals surface area contributed by atoms with E-state index in [1.807, 2.05) is 13.8 Å². The Balaban J connectivity index is 2.30. The van der Waals surface area contributed by atoms with Crippen molar-refractivity contribution in [2.24, 2.45) is 0 Å². The van der Waals surface area contributed by atoms with Gasteiger partial charge >= 0.3 is 0 Å². The number of anilines is 1. The molecule has 1 aromatic carbocycles. The molecule has 0 saturated carbocycles. The third-order valence-electron chi connectivity index (χ3n) is 2.48. The Kier molecular flexibility index (Phi) is 3.34. The first kappa shape index (κ1) is 12.6. The van der Waals surface area contributed by atoms with Gasteiger partial charge in [-0.2, -0.15) is 0 Å². The molecule has 0 fully saturated rings. The Hall–Kier alpha value is -1.88. The highest BCUT2D eigenvalue weighted by Crippen LogP contribution is 2.16. The van der Waals surface area contributed by atoms with Gasteiger partial charge in [0.05, 0.1) is 10.6 Å². The van der Waals surface area contributed by atoms with Crippen molar-refractivity contribution in [3.05, 3.63) is 53.9 Å². The molecule has 0 radical (unpaired) electrons. The lowest BCUT2D eigenvalue weighted by molar-refractivity contribution is 0.601. The zero-order chi connectivity index (χ0) is 13.2. The highest BCUT2D eigenvalue weighted by atomic mass is 32.2. The van der Waals surface area contributed by atoms with Gasteiger partial charge in [-0.3, -0.25) is 9.71 Å². The van der Waals surface area contributed by atoms with Crippen LogP contribution in [-0.2, 0) is 10.0 Å². The van der Waals surface area contributed by atoms with Gasteiger partial charge in [0, 0.05) is 11.9 Å². The molecule has 0 spiro atoms. The van der Waals surface area contributed by atoms with E-state index in [2.05, 4.69) is 9.71 Å². The summed E-state index contributed by atoms with van der Waals surface area (Å²) in [6.45, 7) is 3.72. The van der Waals surface area contributed by atoms with Crippen molar-refractivity contribution in [2.75, 3.05) is 4.72 Å². The van der Waals surface area contributed by atoms with Crippen molar-refractivity contribution in [3.63, 3.8) is 0 Å². The van der Waals surface area contributed by atoms with E-state index in [9.17, 15) is 8.42 Å². The Morgan fingerprint density at radius 1 is 1.06 bits per heavy atom. The average molecular weight is 262 g/mol. The maximum Gasteiger partial charge on any atom is 0.261 e. The van der Waals surface area contributed by atoms with Gasteiger partial charge in [-0.05, 0) is 38.1 Å². The number of nitrogens with zero attached hydrogens (tertiary/aromatic N) is 1. The Bertz CT molecular complexity index is 649. The van der Waals surface area contributed by atoms with Crippen LogP contribution in [-0.4, -0.2) is 13.4 Å². The minimum atomic E-state index is -3.52. The lowest BCUT2D eigenvalue weighted by atomic mass is 10.2. The number of rotatable bonds is 3. The first-order chi connectivity index (χ1) is 8.47. The summed E-state index contributed by atoms with van der Waals surface area (Å²) in [5.41, 5.74) is 2.30. The van der Waals surface area contributed by atoms with Crippen LogP contribution in [0.15, 0.2) is 47.5 Å². The van der Waals surface area contributed by atoms with E-state index in [-0.39, 0.29) is 4.90 Å². The number of hydrogen-bond acceptors (Lipinski definition) is 3. The van der Waals surface area contributed by atoms with Crippen molar-refractivity contribution < 1.29 is 8.42 Å². The molecule has 18 heavy (non-hydrogen) atoms. The molecule has 0 amide bonds. The maximum absolute atomic E-state index is 12.1. The Morgan fingerprint density at radius 3 is 2.33 bits per heavy atom. The average Bonchev–Trinajstić information content (AvgIpc) is 2.29. The van der Waals surface area contributed by atoms with Gasteiger partial charge in [-0.15, -0.1) is 0 Å². The van der Waals surface area contributed by atoms with E-state index in [4.69, 9.17) is 0 Å². The van der Waals surface area contributed by atoms with Crippen LogP contribution in [0, 0.1) is 13.8 Å². The highest BCUT2D eigenvalue weighted by Gasteiger charge is 2.13. The number of hydrogen-bond donors (Lipinski definition) is 1. The molecule has 0 aliphatic carbocycles. The number of nitrogens with one attached hydrogen (secondary N) is 1. The van der Waals surface area contributed by atoms with Crippen LogP contribution in [0.2, 0.25) is 0 Å². The fourth-order valence-corrected chi connectivity index (χ4v) is 2.59. The summed E-state index contributed by atoms with van der Waals surface area (Å²) in [5, 5.41) is 0. The normalized spacial score (nSPS) is 11.2. The first-order valence-corrected chi connectivity index (χ1v) is 6.98. The maximum atomic E-state index is 12.1. The van der Waals surface area contributed by atoms with E-state index in [1.165, 1.54) is 0 Å². The zero-order valence-corrected chi connectivity index (χ0v) is 11.0. The quantitative estimate of drug-likeness (QED) is 0.924. The van der Waals surface area contributed by atoms with Gasteiger partial charge < -0.3 is 0 Å². The van der Waals surface area contributed by atoms with Gasteiger partial charge in [0.25, 0.3) is 10.0 Å². The van der Waals surface area contributed by atoms with Crippen LogP contribution in [0.1, 0.15) is 11.3 Å². The molecular weight excluding hydrogens is 248 g/mol. The summed E-state index contributed by atoms with van der Waals surface area (Å²) in [7, 11) is -3.52. The van der Waals surface area contributed by atoms with Crippen LogP contribution in [0.25, 0.3) is 0 Å². The molecule has 5 heteroatoms. The van der Waals surface area contributed by atoms with Crippen molar-refractivity contribution >= 4 is 15.7 Å². The molecule has 1 heterocycles. The zero-order valence-electron chi connectivity index (χ0n) is 10.2. The van der Waals surface area contributed by atoms with E-state index >= 15 is 0 Å². The van der Waals surface area contributed by atoms with Crippen LogP contribution >= 0.6 is 0 Å². The predicted molar refractivity (Wildman–Crippen MR) is 71.0 cm³/mol. The van der Waals surface area contributed by atoms with Gasteiger partial charge in [-0.25, -0.2) is 8.42 Å². The van der Waals surface area contributed by atoms with E-state index in [1.54, 1.807) is 42.6 Å². The molecule has 2 aromatic rings. The highest BCUT2D eigenvalue weighted by molar-refractivity contribution is 7.92. The lowest BCUT2D eigenvalue weighted by Crippen LogP contribution is -2.13. The second kappa shape index (κ2) is 4.78. The number of sulfonamides is 1. The van der Waals surface area contributed by atoms with Crippen LogP contribution in [0.3, 0.4) is 0 Å². The van der Waals surface area contributed by atoms with E-state index < -0.39 is 10.0 Å². The monoisotopic (exact) mass is 262 g/mol. The minimum Gasteiger partial charge on any atom is -0.280 e.